The zero-order valence-electron chi connectivity index (χ0n) is 20.4. The molecule has 0 fully saturated rings. The summed E-state index contributed by atoms with van der Waals surface area (Å²) >= 11 is 0. The van der Waals surface area contributed by atoms with E-state index in [0.29, 0.717) is 30.3 Å². The van der Waals surface area contributed by atoms with Gasteiger partial charge in [0.1, 0.15) is 23.6 Å². The summed E-state index contributed by atoms with van der Waals surface area (Å²) in [5.74, 6) is 2.58. The molecule has 0 bridgehead atoms. The van der Waals surface area contributed by atoms with Crippen molar-refractivity contribution in [3.8, 4) is 23.0 Å². The van der Waals surface area contributed by atoms with Crippen LogP contribution in [0.25, 0.3) is 10.9 Å². The van der Waals surface area contributed by atoms with Crippen LogP contribution in [0, 0.1) is 6.92 Å². The number of para-hydroxylation sites is 1. The van der Waals surface area contributed by atoms with Gasteiger partial charge >= 0.3 is 5.97 Å². The Labute approximate surface area is 209 Å². The van der Waals surface area contributed by atoms with Gasteiger partial charge in [-0.25, -0.2) is 9.97 Å². The number of benzene rings is 3. The van der Waals surface area contributed by atoms with Crippen molar-refractivity contribution < 1.29 is 24.1 Å². The lowest BCUT2D eigenvalue weighted by Crippen LogP contribution is -2.02. The number of rotatable bonds is 12. The van der Waals surface area contributed by atoms with Crippen molar-refractivity contribution in [3.63, 3.8) is 0 Å². The first kappa shape index (κ1) is 24.8. The van der Waals surface area contributed by atoms with Gasteiger partial charge in [0, 0.05) is 23.6 Å². The minimum absolute atomic E-state index is 0.175. The highest BCUT2D eigenvalue weighted by Crippen LogP contribution is 2.35. The molecule has 4 rings (SSSR count). The molecule has 8 nitrogen and oxygen atoms in total. The Morgan fingerprint density at radius 2 is 1.78 bits per heavy atom. The van der Waals surface area contributed by atoms with Crippen molar-refractivity contribution in [2.45, 2.75) is 32.6 Å². The average Bonchev–Trinajstić information content (AvgIpc) is 2.88. The van der Waals surface area contributed by atoms with E-state index < -0.39 is 5.97 Å². The molecule has 1 heterocycles. The van der Waals surface area contributed by atoms with Crippen molar-refractivity contribution in [2.24, 2.45) is 0 Å². The van der Waals surface area contributed by atoms with Crippen LogP contribution in [0.3, 0.4) is 0 Å². The summed E-state index contributed by atoms with van der Waals surface area (Å²) in [6, 6.07) is 19.2. The fourth-order valence-corrected chi connectivity index (χ4v) is 3.77. The van der Waals surface area contributed by atoms with Crippen LogP contribution < -0.4 is 19.5 Å². The molecular formula is C28H29N3O5. The lowest BCUT2D eigenvalue weighted by Gasteiger charge is -2.15. The first-order valence-electron chi connectivity index (χ1n) is 11.8. The quantitative estimate of drug-likeness (QED) is 0.218. The van der Waals surface area contributed by atoms with Crippen molar-refractivity contribution in [1.82, 2.24) is 9.97 Å². The number of fused-ring (bicyclic) bond motifs is 1. The lowest BCUT2D eigenvalue weighted by molar-refractivity contribution is -0.137. The van der Waals surface area contributed by atoms with E-state index in [1.54, 1.807) is 7.11 Å². The average molecular weight is 488 g/mol. The molecule has 0 radical (unpaired) electrons. The maximum atomic E-state index is 10.6. The smallest absolute Gasteiger partial charge is 0.303 e. The Balaban J connectivity index is 1.48. The molecule has 36 heavy (non-hydrogen) atoms. The van der Waals surface area contributed by atoms with Crippen LogP contribution in [-0.2, 0) is 4.79 Å². The first-order chi connectivity index (χ1) is 17.5. The maximum absolute atomic E-state index is 10.6. The van der Waals surface area contributed by atoms with E-state index in [1.165, 1.54) is 6.33 Å². The first-order valence-corrected chi connectivity index (χ1v) is 11.8. The number of carbonyl (C=O) groups is 1. The van der Waals surface area contributed by atoms with Crippen LogP contribution in [0.2, 0.25) is 0 Å². The molecule has 0 aliphatic heterocycles. The summed E-state index contributed by atoms with van der Waals surface area (Å²) in [5.41, 5.74) is 2.62. The minimum Gasteiger partial charge on any atom is -0.493 e. The molecule has 0 spiro atoms. The number of hydrogen-bond donors (Lipinski definition) is 2. The highest BCUT2D eigenvalue weighted by atomic mass is 16.5. The molecule has 0 atom stereocenters. The number of carboxylic acids is 1. The Bertz CT molecular complexity index is 1330. The number of ether oxygens (including phenoxy) is 3. The molecular weight excluding hydrogens is 458 g/mol. The van der Waals surface area contributed by atoms with Gasteiger partial charge in [-0.3, -0.25) is 4.79 Å². The summed E-state index contributed by atoms with van der Waals surface area (Å²) < 4.78 is 17.4. The van der Waals surface area contributed by atoms with Crippen LogP contribution in [0.1, 0.15) is 31.2 Å². The van der Waals surface area contributed by atoms with Gasteiger partial charge in [-0.15, -0.1) is 0 Å². The largest absolute Gasteiger partial charge is 0.493 e. The van der Waals surface area contributed by atoms with Crippen molar-refractivity contribution >= 4 is 28.4 Å². The summed E-state index contributed by atoms with van der Waals surface area (Å²) in [6.07, 6.45) is 3.86. The van der Waals surface area contributed by atoms with E-state index in [1.807, 2.05) is 67.6 Å². The lowest BCUT2D eigenvalue weighted by atomic mass is 10.1. The molecule has 0 unspecified atom stereocenters. The predicted molar refractivity (Wildman–Crippen MR) is 139 cm³/mol. The van der Waals surface area contributed by atoms with E-state index >= 15 is 0 Å². The van der Waals surface area contributed by atoms with Gasteiger partial charge in [-0.2, -0.15) is 0 Å². The molecule has 3 aromatic carbocycles. The number of aliphatic carboxylic acids is 1. The fraction of sp³-hybridized carbons (Fsp3) is 0.250. The van der Waals surface area contributed by atoms with Crippen LogP contribution in [0.4, 0.5) is 11.5 Å². The van der Waals surface area contributed by atoms with Gasteiger partial charge in [-0.05, 0) is 68.1 Å². The Hall–Kier alpha value is -4.33. The number of aromatic nitrogens is 2. The Morgan fingerprint density at radius 3 is 2.53 bits per heavy atom. The number of nitrogens with zero attached hydrogens (tertiary/aromatic N) is 2. The van der Waals surface area contributed by atoms with E-state index in [4.69, 9.17) is 19.3 Å². The van der Waals surface area contributed by atoms with E-state index in [0.717, 1.165) is 46.5 Å². The minimum atomic E-state index is -0.775. The van der Waals surface area contributed by atoms with Crippen LogP contribution >= 0.6 is 0 Å². The summed E-state index contributed by atoms with van der Waals surface area (Å²) in [6.45, 7) is 2.47. The van der Waals surface area contributed by atoms with Crippen LogP contribution in [0.15, 0.2) is 67.0 Å². The highest BCUT2D eigenvalue weighted by molar-refractivity contribution is 5.93. The van der Waals surface area contributed by atoms with Gasteiger partial charge < -0.3 is 24.6 Å². The molecule has 8 heteroatoms. The fourth-order valence-electron chi connectivity index (χ4n) is 3.77. The van der Waals surface area contributed by atoms with E-state index in [-0.39, 0.29) is 6.42 Å². The van der Waals surface area contributed by atoms with Gasteiger partial charge in [0.15, 0.2) is 11.5 Å². The monoisotopic (exact) mass is 487 g/mol. The third kappa shape index (κ3) is 6.41. The summed E-state index contributed by atoms with van der Waals surface area (Å²) in [5, 5.41) is 12.9. The second kappa shape index (κ2) is 11.9. The molecule has 0 aliphatic rings. The number of anilines is 2. The second-order valence-electron chi connectivity index (χ2n) is 8.31. The van der Waals surface area contributed by atoms with Crippen molar-refractivity contribution in [2.75, 3.05) is 19.0 Å². The second-order valence-corrected chi connectivity index (χ2v) is 8.31. The zero-order valence-corrected chi connectivity index (χ0v) is 20.4. The summed E-state index contributed by atoms with van der Waals surface area (Å²) in [4.78, 5) is 19.5. The van der Waals surface area contributed by atoms with E-state index in [2.05, 4.69) is 15.3 Å². The summed E-state index contributed by atoms with van der Waals surface area (Å²) in [7, 11) is 1.59. The molecule has 0 saturated carbocycles. The zero-order chi connectivity index (χ0) is 25.3. The van der Waals surface area contributed by atoms with Crippen molar-refractivity contribution in [1.29, 1.82) is 0 Å². The molecule has 1 aromatic heterocycles. The molecule has 4 aromatic rings. The maximum Gasteiger partial charge on any atom is 0.303 e. The van der Waals surface area contributed by atoms with Crippen LogP contribution in [0.5, 0.6) is 23.0 Å². The van der Waals surface area contributed by atoms with E-state index in [9.17, 15) is 4.79 Å². The van der Waals surface area contributed by atoms with Crippen molar-refractivity contribution in [3.05, 3.63) is 72.6 Å². The molecule has 0 saturated heterocycles. The molecule has 2 N–H and O–H groups in total. The molecule has 0 amide bonds. The highest BCUT2D eigenvalue weighted by Gasteiger charge is 2.13. The third-order valence-electron chi connectivity index (χ3n) is 5.64. The van der Waals surface area contributed by atoms with Crippen LogP contribution in [-0.4, -0.2) is 34.8 Å². The Kier molecular flexibility index (Phi) is 8.18. The molecule has 186 valence electrons. The number of methoxy groups -OCH3 is 1. The van der Waals surface area contributed by atoms with Gasteiger partial charge in [0.2, 0.25) is 0 Å². The number of nitrogens with one attached hydrogen (secondary N) is 1. The third-order valence-corrected chi connectivity index (χ3v) is 5.64. The van der Waals surface area contributed by atoms with Gasteiger partial charge in [0.05, 0.1) is 19.2 Å². The number of hydrogen-bond acceptors (Lipinski definition) is 7. The molecule has 0 aliphatic carbocycles. The normalized spacial score (nSPS) is 10.7. The number of aryl methyl sites for hydroxylation is 1. The number of carboxylic acid groups (broad SMARTS) is 1. The standard InChI is InChI=1S/C28H29N3O5/c1-19-15-21(36-20-9-5-3-6-10-20)12-13-23(19)31-28-22-16-25(34-2)26(17-24(22)29-18-30-28)35-14-8-4-7-11-27(32)33/h3,5-6,9-10,12-13,15-18H,4,7-8,11,14H2,1-2H3,(H,32,33)(H,29,30,31). The SMILES string of the molecule is COc1cc2c(Nc3ccc(Oc4ccccc4)cc3C)ncnc2cc1OCCCCCC(=O)O. The number of unbranched alkanes of at least 4 members (excludes halogenated alkanes) is 2. The predicted octanol–water partition coefficient (Wildman–Crippen LogP) is 6.51. The Morgan fingerprint density at radius 1 is 0.944 bits per heavy atom. The topological polar surface area (TPSA) is 103 Å². The van der Waals surface area contributed by atoms with Gasteiger partial charge in [0.25, 0.3) is 0 Å². The van der Waals surface area contributed by atoms with Gasteiger partial charge in [-0.1, -0.05) is 18.2 Å².